The highest BCUT2D eigenvalue weighted by atomic mass is 16.5. The lowest BCUT2D eigenvalue weighted by atomic mass is 10.1. The number of rotatable bonds is 3. The first-order valence-corrected chi connectivity index (χ1v) is 6.12. The summed E-state index contributed by atoms with van der Waals surface area (Å²) in [5.41, 5.74) is 1.66. The van der Waals surface area contributed by atoms with Crippen LogP contribution in [0, 0.1) is 6.92 Å². The first-order valence-electron chi connectivity index (χ1n) is 6.12. The lowest BCUT2D eigenvalue weighted by molar-refractivity contribution is -0.144. The standard InChI is InChI=1S/C14H12N2O4/c1-8-4-5-15-14(16-8)19-10-3-2-9-6-12(13(17)18)20-11(9)7-10/h2-5,7,12H,6H2,1H3,(H,17,18). The smallest absolute Gasteiger partial charge is 0.345 e. The number of fused-ring (bicyclic) bond motifs is 1. The number of carboxylic acids is 1. The summed E-state index contributed by atoms with van der Waals surface area (Å²) in [5.74, 6) is 0.0774. The van der Waals surface area contributed by atoms with E-state index < -0.39 is 12.1 Å². The Balaban J connectivity index is 1.81. The van der Waals surface area contributed by atoms with Crippen molar-refractivity contribution >= 4 is 5.97 Å². The molecule has 0 fully saturated rings. The van der Waals surface area contributed by atoms with Gasteiger partial charge < -0.3 is 14.6 Å². The number of ether oxygens (including phenoxy) is 2. The third-order valence-corrected chi connectivity index (χ3v) is 2.97. The quantitative estimate of drug-likeness (QED) is 0.919. The van der Waals surface area contributed by atoms with Gasteiger partial charge in [-0.05, 0) is 24.6 Å². The van der Waals surface area contributed by atoms with Gasteiger partial charge in [0.2, 0.25) is 0 Å². The Morgan fingerprint density at radius 3 is 3.05 bits per heavy atom. The number of carboxylic acid groups (broad SMARTS) is 1. The Labute approximate surface area is 115 Å². The molecule has 0 saturated heterocycles. The minimum absolute atomic E-state index is 0.248. The number of nitrogens with zero attached hydrogens (tertiary/aromatic N) is 2. The summed E-state index contributed by atoms with van der Waals surface area (Å²) in [7, 11) is 0. The summed E-state index contributed by atoms with van der Waals surface area (Å²) in [6.45, 7) is 1.85. The highest BCUT2D eigenvalue weighted by Gasteiger charge is 2.29. The monoisotopic (exact) mass is 272 g/mol. The molecular weight excluding hydrogens is 260 g/mol. The van der Waals surface area contributed by atoms with E-state index in [-0.39, 0.29) is 6.01 Å². The number of carbonyl (C=O) groups is 1. The van der Waals surface area contributed by atoms with Crippen molar-refractivity contribution in [1.29, 1.82) is 0 Å². The van der Waals surface area contributed by atoms with Gasteiger partial charge >= 0.3 is 12.0 Å². The highest BCUT2D eigenvalue weighted by molar-refractivity contribution is 5.74. The fourth-order valence-electron chi connectivity index (χ4n) is 1.99. The summed E-state index contributed by atoms with van der Waals surface area (Å²) in [6, 6.07) is 7.22. The molecule has 1 N–H and O–H groups in total. The summed E-state index contributed by atoms with van der Waals surface area (Å²) < 4.78 is 10.9. The number of aromatic nitrogens is 2. The summed E-state index contributed by atoms with van der Waals surface area (Å²) >= 11 is 0. The fraction of sp³-hybridized carbons (Fsp3) is 0.214. The van der Waals surface area contributed by atoms with Gasteiger partial charge in [0, 0.05) is 24.4 Å². The largest absolute Gasteiger partial charge is 0.478 e. The van der Waals surface area contributed by atoms with E-state index in [4.69, 9.17) is 14.6 Å². The van der Waals surface area contributed by atoms with E-state index in [1.165, 1.54) is 0 Å². The molecule has 1 atom stereocenters. The lowest BCUT2D eigenvalue weighted by Crippen LogP contribution is -2.24. The highest BCUT2D eigenvalue weighted by Crippen LogP contribution is 2.33. The van der Waals surface area contributed by atoms with Crippen LogP contribution in [-0.2, 0) is 11.2 Å². The minimum atomic E-state index is -0.967. The van der Waals surface area contributed by atoms with Crippen LogP contribution in [-0.4, -0.2) is 27.1 Å². The molecule has 0 amide bonds. The second-order valence-electron chi connectivity index (χ2n) is 4.50. The van der Waals surface area contributed by atoms with Crippen LogP contribution in [0.3, 0.4) is 0 Å². The van der Waals surface area contributed by atoms with E-state index in [1.807, 2.05) is 6.92 Å². The first-order chi connectivity index (χ1) is 9.61. The number of benzene rings is 1. The SMILES string of the molecule is Cc1ccnc(Oc2ccc3c(c2)OC(C(=O)O)C3)n1. The van der Waals surface area contributed by atoms with Crippen molar-refractivity contribution < 1.29 is 19.4 Å². The van der Waals surface area contributed by atoms with Crippen LogP contribution in [0.15, 0.2) is 30.5 Å². The van der Waals surface area contributed by atoms with Crippen LogP contribution < -0.4 is 9.47 Å². The van der Waals surface area contributed by atoms with Gasteiger partial charge in [0.15, 0.2) is 6.10 Å². The minimum Gasteiger partial charge on any atom is -0.478 e. The molecule has 0 spiro atoms. The van der Waals surface area contributed by atoms with Crippen LogP contribution in [0.2, 0.25) is 0 Å². The van der Waals surface area contributed by atoms with Crippen LogP contribution in [0.1, 0.15) is 11.3 Å². The van der Waals surface area contributed by atoms with E-state index in [1.54, 1.807) is 30.5 Å². The molecule has 2 aromatic rings. The Kier molecular flexibility index (Phi) is 2.98. The molecule has 1 aliphatic heterocycles. The second-order valence-corrected chi connectivity index (χ2v) is 4.50. The average Bonchev–Trinajstić information content (AvgIpc) is 2.82. The summed E-state index contributed by atoms with van der Waals surface area (Å²) in [6.07, 6.45) is 1.16. The zero-order valence-electron chi connectivity index (χ0n) is 10.7. The Morgan fingerprint density at radius 2 is 2.30 bits per heavy atom. The van der Waals surface area contributed by atoms with Crippen molar-refractivity contribution in [3.8, 4) is 17.5 Å². The van der Waals surface area contributed by atoms with Crippen molar-refractivity contribution in [2.75, 3.05) is 0 Å². The topological polar surface area (TPSA) is 81.5 Å². The van der Waals surface area contributed by atoms with Gasteiger partial charge in [-0.1, -0.05) is 6.07 Å². The Hall–Kier alpha value is -2.63. The van der Waals surface area contributed by atoms with Crippen molar-refractivity contribution in [2.45, 2.75) is 19.4 Å². The predicted molar refractivity (Wildman–Crippen MR) is 69.0 cm³/mol. The van der Waals surface area contributed by atoms with Crippen molar-refractivity contribution in [3.63, 3.8) is 0 Å². The molecule has 0 bridgehead atoms. The lowest BCUT2D eigenvalue weighted by Gasteiger charge is -2.06. The third-order valence-electron chi connectivity index (χ3n) is 2.97. The van der Waals surface area contributed by atoms with Gasteiger partial charge in [0.1, 0.15) is 11.5 Å². The van der Waals surface area contributed by atoms with Crippen LogP contribution in [0.25, 0.3) is 0 Å². The molecule has 0 aliphatic carbocycles. The zero-order valence-corrected chi connectivity index (χ0v) is 10.7. The molecule has 1 unspecified atom stereocenters. The molecule has 0 radical (unpaired) electrons. The van der Waals surface area contributed by atoms with Gasteiger partial charge in [0.25, 0.3) is 0 Å². The van der Waals surface area contributed by atoms with Gasteiger partial charge in [-0.15, -0.1) is 0 Å². The maximum Gasteiger partial charge on any atom is 0.345 e. The molecule has 0 saturated carbocycles. The molecule has 1 aromatic carbocycles. The van der Waals surface area contributed by atoms with Crippen LogP contribution in [0.5, 0.6) is 17.5 Å². The van der Waals surface area contributed by atoms with Crippen molar-refractivity contribution in [2.24, 2.45) is 0 Å². The maximum absolute atomic E-state index is 10.9. The number of aliphatic carboxylic acids is 1. The zero-order chi connectivity index (χ0) is 14.1. The third kappa shape index (κ3) is 2.40. The van der Waals surface area contributed by atoms with Crippen molar-refractivity contribution in [1.82, 2.24) is 9.97 Å². The molecular formula is C14H12N2O4. The number of hydrogen-bond acceptors (Lipinski definition) is 5. The molecule has 2 heterocycles. The van der Waals surface area contributed by atoms with Gasteiger partial charge in [0.05, 0.1) is 0 Å². The van der Waals surface area contributed by atoms with E-state index in [0.717, 1.165) is 11.3 Å². The molecule has 6 heteroatoms. The average molecular weight is 272 g/mol. The molecule has 20 heavy (non-hydrogen) atoms. The van der Waals surface area contributed by atoms with Gasteiger partial charge in [-0.25, -0.2) is 14.8 Å². The van der Waals surface area contributed by atoms with E-state index in [9.17, 15) is 4.79 Å². The van der Waals surface area contributed by atoms with Crippen molar-refractivity contribution in [3.05, 3.63) is 41.7 Å². The molecule has 1 aliphatic rings. The second kappa shape index (κ2) is 4.80. The molecule has 6 nitrogen and oxygen atoms in total. The number of aryl methyl sites for hydroxylation is 1. The van der Waals surface area contributed by atoms with E-state index in [2.05, 4.69) is 9.97 Å². The van der Waals surface area contributed by atoms with E-state index in [0.29, 0.717) is 17.9 Å². The summed E-state index contributed by atoms with van der Waals surface area (Å²) in [4.78, 5) is 19.0. The van der Waals surface area contributed by atoms with Crippen LogP contribution >= 0.6 is 0 Å². The molecule has 102 valence electrons. The normalized spacial score (nSPS) is 16.4. The first kappa shape index (κ1) is 12.4. The molecule has 3 rings (SSSR count). The maximum atomic E-state index is 10.9. The predicted octanol–water partition coefficient (Wildman–Crippen LogP) is 1.97. The van der Waals surface area contributed by atoms with Crippen LogP contribution in [0.4, 0.5) is 0 Å². The fourth-order valence-corrected chi connectivity index (χ4v) is 1.99. The summed E-state index contributed by atoms with van der Waals surface area (Å²) in [5, 5.41) is 8.94. The Morgan fingerprint density at radius 1 is 1.45 bits per heavy atom. The van der Waals surface area contributed by atoms with Gasteiger partial charge in [-0.2, -0.15) is 0 Å². The number of hydrogen-bond donors (Lipinski definition) is 1. The molecule has 1 aromatic heterocycles. The Bertz CT molecular complexity index is 672. The van der Waals surface area contributed by atoms with Gasteiger partial charge in [-0.3, -0.25) is 0 Å². The van der Waals surface area contributed by atoms with E-state index >= 15 is 0 Å².